The topological polar surface area (TPSA) is 79.4 Å². The Bertz CT molecular complexity index is 1320. The van der Waals surface area contributed by atoms with Crippen LogP contribution in [0.15, 0.2) is 70.8 Å². The van der Waals surface area contributed by atoms with Gasteiger partial charge in [-0.3, -0.25) is 9.36 Å². The highest BCUT2D eigenvalue weighted by Gasteiger charge is 2.28. The highest BCUT2D eigenvalue weighted by Crippen LogP contribution is 2.36. The molecule has 5 rings (SSSR count). The molecule has 0 saturated carbocycles. The van der Waals surface area contributed by atoms with E-state index in [4.69, 9.17) is 25.5 Å². The Kier molecular flexibility index (Phi) is 5.63. The number of rotatable bonds is 7. The zero-order chi connectivity index (χ0) is 22.1. The highest BCUT2D eigenvalue weighted by atomic mass is 35.5. The monoisotopic (exact) mass is 467 g/mol. The van der Waals surface area contributed by atoms with Gasteiger partial charge >= 0.3 is 0 Å². The van der Waals surface area contributed by atoms with Crippen molar-refractivity contribution >= 4 is 40.1 Å². The molecule has 3 heterocycles. The number of nitrogens with zero attached hydrogens (tertiary/aromatic N) is 3. The molecular formula is C23H18ClN3O4S. The van der Waals surface area contributed by atoms with Crippen LogP contribution in [0.25, 0.3) is 11.0 Å². The van der Waals surface area contributed by atoms with Crippen LogP contribution in [0, 0.1) is 0 Å². The number of fused-ring (bicyclic) bond motifs is 2. The summed E-state index contributed by atoms with van der Waals surface area (Å²) in [4.78, 5) is 12.7. The predicted molar refractivity (Wildman–Crippen MR) is 122 cm³/mol. The summed E-state index contributed by atoms with van der Waals surface area (Å²) in [6, 6.07) is 14.4. The maximum absolute atomic E-state index is 12.7. The van der Waals surface area contributed by atoms with Gasteiger partial charge < -0.3 is 13.9 Å². The summed E-state index contributed by atoms with van der Waals surface area (Å²) in [7, 11) is 0. The lowest BCUT2D eigenvalue weighted by atomic mass is 10.2. The number of halogens is 1. The number of carbonyl (C=O) groups is 1. The molecular weight excluding hydrogens is 450 g/mol. The molecule has 9 heteroatoms. The van der Waals surface area contributed by atoms with Gasteiger partial charge in [-0.25, -0.2) is 0 Å². The van der Waals surface area contributed by atoms with Crippen LogP contribution < -0.4 is 9.47 Å². The number of furan rings is 1. The summed E-state index contributed by atoms with van der Waals surface area (Å²) in [6.45, 7) is 4.62. The first kappa shape index (κ1) is 20.7. The van der Waals surface area contributed by atoms with Crippen LogP contribution in [0.5, 0.6) is 11.5 Å². The third-order valence-electron chi connectivity index (χ3n) is 4.94. The Morgan fingerprint density at radius 3 is 2.91 bits per heavy atom. The molecule has 0 amide bonds. The van der Waals surface area contributed by atoms with E-state index in [1.807, 2.05) is 28.8 Å². The maximum atomic E-state index is 12.7. The van der Waals surface area contributed by atoms with E-state index in [1.54, 1.807) is 30.3 Å². The molecule has 0 saturated heterocycles. The van der Waals surface area contributed by atoms with Crippen molar-refractivity contribution in [3.63, 3.8) is 0 Å². The molecule has 0 radical (unpaired) electrons. The van der Waals surface area contributed by atoms with Crippen molar-refractivity contribution in [1.29, 1.82) is 0 Å². The Balaban J connectivity index is 1.33. The maximum Gasteiger partial charge on any atom is 0.208 e. The summed E-state index contributed by atoms with van der Waals surface area (Å²) < 4.78 is 19.4. The van der Waals surface area contributed by atoms with E-state index in [0.29, 0.717) is 46.2 Å². The second-order valence-corrected chi connectivity index (χ2v) is 8.49. The van der Waals surface area contributed by atoms with Gasteiger partial charge in [-0.05, 0) is 36.4 Å². The van der Waals surface area contributed by atoms with E-state index < -0.39 is 6.10 Å². The first-order chi connectivity index (χ1) is 15.6. The third kappa shape index (κ3) is 3.99. The Morgan fingerprint density at radius 1 is 1.22 bits per heavy atom. The number of aromatic nitrogens is 3. The molecule has 0 spiro atoms. The molecule has 7 nitrogen and oxygen atoms in total. The summed E-state index contributed by atoms with van der Waals surface area (Å²) in [5.74, 6) is 2.26. The van der Waals surface area contributed by atoms with Crippen molar-refractivity contribution < 1.29 is 18.7 Å². The number of Topliss-reactive ketones (excluding diaryl/α,β-unsaturated/α-hetero) is 1. The number of carbonyl (C=O) groups excluding carboxylic acids is 1. The Morgan fingerprint density at radius 2 is 2.06 bits per heavy atom. The first-order valence-corrected chi connectivity index (χ1v) is 11.3. The number of ketones is 1. The summed E-state index contributed by atoms with van der Waals surface area (Å²) in [5, 5.41) is 10.6. The van der Waals surface area contributed by atoms with E-state index in [0.717, 1.165) is 5.39 Å². The first-order valence-electron chi connectivity index (χ1n) is 9.90. The normalized spacial score (nSPS) is 15.1. The molecule has 32 heavy (non-hydrogen) atoms. The van der Waals surface area contributed by atoms with Crippen molar-refractivity contribution in [1.82, 2.24) is 14.8 Å². The van der Waals surface area contributed by atoms with E-state index in [-0.39, 0.29) is 17.3 Å². The zero-order valence-electron chi connectivity index (χ0n) is 16.9. The molecule has 0 fully saturated rings. The smallest absolute Gasteiger partial charge is 0.208 e. The number of hydrogen-bond acceptors (Lipinski definition) is 7. The van der Waals surface area contributed by atoms with Gasteiger partial charge in [-0.15, -0.1) is 16.8 Å². The quantitative estimate of drug-likeness (QED) is 0.206. The standard InChI is InChI=1S/C23H18ClN3O4S/c1-2-9-27-22(21-12-29-18-5-3-4-6-19(18)31-21)25-26-23(27)32-13-16(28)20-11-14-10-15(24)7-8-17(14)30-20/h2-8,10-11,21H,1,9,12-13H2. The SMILES string of the molecule is C=CCn1c(SCC(=O)c2cc3cc(Cl)ccc3o2)nnc1C1COc2ccccc2O1. The van der Waals surface area contributed by atoms with Crippen LogP contribution in [0.4, 0.5) is 0 Å². The van der Waals surface area contributed by atoms with Crippen LogP contribution in [0.1, 0.15) is 22.5 Å². The van der Waals surface area contributed by atoms with Gasteiger partial charge in [-0.1, -0.05) is 41.6 Å². The van der Waals surface area contributed by atoms with Gasteiger partial charge in [0.15, 0.2) is 34.3 Å². The average Bonchev–Trinajstić information content (AvgIpc) is 3.41. The highest BCUT2D eigenvalue weighted by molar-refractivity contribution is 7.99. The number of benzene rings is 2. The van der Waals surface area contributed by atoms with Crippen molar-refractivity contribution in [2.75, 3.05) is 12.4 Å². The predicted octanol–water partition coefficient (Wildman–Crippen LogP) is 5.35. The number of para-hydroxylation sites is 2. The minimum Gasteiger partial charge on any atom is -0.485 e. The summed E-state index contributed by atoms with van der Waals surface area (Å²) >= 11 is 7.30. The molecule has 1 unspecified atom stereocenters. The van der Waals surface area contributed by atoms with Crippen molar-refractivity contribution in [2.24, 2.45) is 0 Å². The van der Waals surface area contributed by atoms with Crippen molar-refractivity contribution in [3.8, 4) is 11.5 Å². The fraction of sp³-hybridized carbons (Fsp3) is 0.174. The second kappa shape index (κ2) is 8.72. The lowest BCUT2D eigenvalue weighted by Crippen LogP contribution is -2.25. The van der Waals surface area contributed by atoms with Crippen LogP contribution in [0.3, 0.4) is 0 Å². The van der Waals surface area contributed by atoms with Crippen molar-refractivity contribution in [2.45, 2.75) is 17.8 Å². The molecule has 2 aromatic carbocycles. The third-order valence-corrected chi connectivity index (χ3v) is 6.14. The molecule has 2 aromatic heterocycles. The largest absolute Gasteiger partial charge is 0.485 e. The number of ether oxygens (including phenoxy) is 2. The van der Waals surface area contributed by atoms with Crippen LogP contribution in [-0.4, -0.2) is 32.9 Å². The van der Waals surface area contributed by atoms with Gasteiger partial charge in [0.1, 0.15) is 12.2 Å². The molecule has 1 aliphatic heterocycles. The zero-order valence-corrected chi connectivity index (χ0v) is 18.4. The van der Waals surface area contributed by atoms with Gasteiger partial charge in [0.25, 0.3) is 0 Å². The Labute approximate surface area is 193 Å². The minimum absolute atomic E-state index is 0.147. The van der Waals surface area contributed by atoms with Crippen LogP contribution in [-0.2, 0) is 6.54 Å². The van der Waals surface area contributed by atoms with E-state index in [1.165, 1.54) is 11.8 Å². The molecule has 0 N–H and O–H groups in total. The van der Waals surface area contributed by atoms with Gasteiger partial charge in [0, 0.05) is 17.0 Å². The fourth-order valence-electron chi connectivity index (χ4n) is 3.45. The summed E-state index contributed by atoms with van der Waals surface area (Å²) in [6.07, 6.45) is 1.34. The fourth-order valence-corrected chi connectivity index (χ4v) is 4.45. The number of hydrogen-bond donors (Lipinski definition) is 0. The number of allylic oxidation sites excluding steroid dienone is 1. The van der Waals surface area contributed by atoms with E-state index in [9.17, 15) is 4.79 Å². The minimum atomic E-state index is -0.414. The van der Waals surface area contributed by atoms with Crippen LogP contribution >= 0.6 is 23.4 Å². The van der Waals surface area contributed by atoms with Crippen molar-refractivity contribution in [3.05, 3.63) is 77.8 Å². The molecule has 0 bridgehead atoms. The van der Waals surface area contributed by atoms with E-state index in [2.05, 4.69) is 16.8 Å². The average molecular weight is 468 g/mol. The number of thioether (sulfide) groups is 1. The lowest BCUT2D eigenvalue weighted by Gasteiger charge is -2.26. The lowest BCUT2D eigenvalue weighted by molar-refractivity contribution is 0.0821. The second-order valence-electron chi connectivity index (χ2n) is 7.11. The van der Waals surface area contributed by atoms with E-state index >= 15 is 0 Å². The molecule has 162 valence electrons. The molecule has 0 aliphatic carbocycles. The van der Waals surface area contributed by atoms with Gasteiger partial charge in [-0.2, -0.15) is 0 Å². The summed E-state index contributed by atoms with van der Waals surface area (Å²) in [5.41, 5.74) is 0.620. The van der Waals surface area contributed by atoms with Gasteiger partial charge in [0.2, 0.25) is 5.78 Å². The van der Waals surface area contributed by atoms with Crippen LogP contribution in [0.2, 0.25) is 5.02 Å². The Hall–Kier alpha value is -3.23. The molecule has 1 atom stereocenters. The van der Waals surface area contributed by atoms with Gasteiger partial charge in [0.05, 0.1) is 5.75 Å². The molecule has 4 aromatic rings. The molecule has 1 aliphatic rings.